The number of aliphatic hydroxyl groups is 7. The zero-order valence-corrected chi connectivity index (χ0v) is 27.2. The third kappa shape index (κ3) is 4.51. The fourth-order valence-corrected chi connectivity index (χ4v) is 11.6. The average molecular weight is 653 g/mol. The molecule has 0 aromatic rings. The number of esters is 1. The van der Waals surface area contributed by atoms with Crippen molar-refractivity contribution in [1.82, 2.24) is 0 Å². The van der Waals surface area contributed by atoms with Gasteiger partial charge in [0.15, 0.2) is 6.29 Å². The summed E-state index contributed by atoms with van der Waals surface area (Å²) in [5.74, 6) is 0.917. The molecule has 6 fully saturated rings. The number of hydrogen-bond donors (Lipinski definition) is 7. The maximum absolute atomic E-state index is 13.3. The average Bonchev–Trinajstić information content (AvgIpc) is 3.65. The summed E-state index contributed by atoms with van der Waals surface area (Å²) in [4.78, 5) is 13.3. The van der Waals surface area contributed by atoms with Gasteiger partial charge >= 0.3 is 5.97 Å². The molecular formula is C34H52O12. The van der Waals surface area contributed by atoms with Crippen molar-refractivity contribution in [2.75, 3.05) is 13.2 Å². The van der Waals surface area contributed by atoms with Gasteiger partial charge in [0.2, 0.25) is 0 Å². The molecule has 12 heteroatoms. The Morgan fingerprint density at radius 2 is 1.72 bits per heavy atom. The Morgan fingerprint density at radius 1 is 0.978 bits per heavy atom. The molecule has 0 radical (unpaired) electrons. The van der Waals surface area contributed by atoms with E-state index in [1.54, 1.807) is 0 Å². The molecule has 4 aliphatic carbocycles. The van der Waals surface area contributed by atoms with Crippen molar-refractivity contribution in [3.63, 3.8) is 0 Å². The second-order valence-electron chi connectivity index (χ2n) is 16.1. The van der Waals surface area contributed by atoms with Gasteiger partial charge in [0, 0.05) is 18.3 Å². The maximum atomic E-state index is 13.3. The molecule has 12 nitrogen and oxygen atoms in total. The normalized spacial score (nSPS) is 55.5. The number of fused-ring (bicyclic) bond motifs is 4. The van der Waals surface area contributed by atoms with Gasteiger partial charge in [-0.15, -0.1) is 0 Å². The predicted octanol–water partition coefficient (Wildman–Crippen LogP) is 0.164. The van der Waals surface area contributed by atoms with Crippen molar-refractivity contribution in [1.29, 1.82) is 0 Å². The lowest BCUT2D eigenvalue weighted by Crippen LogP contribution is -2.69. The van der Waals surface area contributed by atoms with Crippen molar-refractivity contribution in [2.24, 2.45) is 40.4 Å². The van der Waals surface area contributed by atoms with Crippen molar-refractivity contribution in [3.05, 3.63) is 11.1 Å². The van der Waals surface area contributed by atoms with Crippen LogP contribution in [0.4, 0.5) is 0 Å². The number of carbonyl (C=O) groups excluding carboxylic acids is 1. The zero-order valence-electron chi connectivity index (χ0n) is 27.2. The summed E-state index contributed by atoms with van der Waals surface area (Å²) in [6.07, 6.45) is -4.70. The zero-order chi connectivity index (χ0) is 33.1. The van der Waals surface area contributed by atoms with Crippen LogP contribution in [-0.4, -0.2) is 122 Å². The minimum atomic E-state index is -1.57. The standard InChI is InChI=1S/C34H52O12/c1-14-9-22(44-30(42)17(14)13-43-31-28(40)27(39)26(38)23(12-35)45-31)15(2)18-5-6-19-16-10-25-34(46-25)29(41)21(36)11-24(37)33(34,4)20(16)7-8-32(18,19)3/h15-16,18-29,31,35-41H,5-13H2,1-4H3/t15-,16?,18?,19?,20?,21-,22?,23+,24-,25+,26+,27-,28+,29-,31+,32+,33-,34-/m0/s1. The Hall–Kier alpha value is -1.19. The van der Waals surface area contributed by atoms with E-state index in [1.807, 2.05) is 6.92 Å². The highest BCUT2D eigenvalue weighted by Gasteiger charge is 2.81. The Kier molecular flexibility index (Phi) is 8.28. The van der Waals surface area contributed by atoms with E-state index in [4.69, 9.17) is 18.9 Å². The van der Waals surface area contributed by atoms with Crippen LogP contribution in [0.5, 0.6) is 0 Å². The van der Waals surface area contributed by atoms with E-state index in [0.29, 0.717) is 29.7 Å². The van der Waals surface area contributed by atoms with Crippen LogP contribution in [0.1, 0.15) is 72.6 Å². The third-order valence-electron chi connectivity index (χ3n) is 14.3. The number of hydrogen-bond acceptors (Lipinski definition) is 12. The van der Waals surface area contributed by atoms with Gasteiger partial charge in [-0.05, 0) is 74.0 Å². The Morgan fingerprint density at radius 3 is 2.41 bits per heavy atom. The van der Waals surface area contributed by atoms with Gasteiger partial charge in [-0.2, -0.15) is 0 Å². The number of carbonyl (C=O) groups is 1. The lowest BCUT2D eigenvalue weighted by Gasteiger charge is -2.61. The van der Waals surface area contributed by atoms with Gasteiger partial charge < -0.3 is 54.7 Å². The van der Waals surface area contributed by atoms with E-state index in [1.165, 1.54) is 0 Å². The summed E-state index contributed by atoms with van der Waals surface area (Å²) in [5.41, 5.74) is -0.290. The summed E-state index contributed by atoms with van der Waals surface area (Å²) < 4.78 is 23.4. The smallest absolute Gasteiger partial charge is 0.336 e. The molecule has 7 rings (SSSR count). The predicted molar refractivity (Wildman–Crippen MR) is 160 cm³/mol. The molecule has 260 valence electrons. The molecule has 2 saturated heterocycles. The van der Waals surface area contributed by atoms with E-state index in [-0.39, 0.29) is 42.5 Å². The Balaban J connectivity index is 1.03. The van der Waals surface area contributed by atoms with Crippen molar-refractivity contribution >= 4 is 5.97 Å². The van der Waals surface area contributed by atoms with E-state index in [2.05, 4.69) is 20.8 Å². The van der Waals surface area contributed by atoms with Crippen molar-refractivity contribution < 1.29 is 59.5 Å². The number of rotatable bonds is 6. The topological polar surface area (TPSA) is 199 Å². The van der Waals surface area contributed by atoms with Crippen LogP contribution in [0.3, 0.4) is 0 Å². The lowest BCUT2D eigenvalue weighted by atomic mass is 9.43. The first-order chi connectivity index (χ1) is 21.7. The highest BCUT2D eigenvalue weighted by molar-refractivity contribution is 5.90. The molecule has 0 aromatic carbocycles. The first-order valence-corrected chi connectivity index (χ1v) is 17.2. The van der Waals surface area contributed by atoms with Crippen LogP contribution >= 0.6 is 0 Å². The molecule has 46 heavy (non-hydrogen) atoms. The number of aliphatic hydroxyl groups excluding tert-OH is 7. The molecule has 0 bridgehead atoms. The third-order valence-corrected chi connectivity index (χ3v) is 14.3. The van der Waals surface area contributed by atoms with E-state index < -0.39 is 72.6 Å². The molecule has 5 unspecified atom stereocenters. The summed E-state index contributed by atoms with van der Waals surface area (Å²) in [5, 5.41) is 72.8. The van der Waals surface area contributed by atoms with Crippen LogP contribution in [0.2, 0.25) is 0 Å². The van der Waals surface area contributed by atoms with Crippen LogP contribution < -0.4 is 0 Å². The fraction of sp³-hybridized carbons (Fsp3) is 0.912. The van der Waals surface area contributed by atoms with E-state index >= 15 is 0 Å². The fourth-order valence-electron chi connectivity index (χ4n) is 11.6. The van der Waals surface area contributed by atoms with Gasteiger partial charge in [0.05, 0.1) is 37.1 Å². The Bertz CT molecular complexity index is 1240. The molecule has 0 aromatic heterocycles. The summed E-state index contributed by atoms with van der Waals surface area (Å²) >= 11 is 0. The first kappa shape index (κ1) is 33.3. The number of ether oxygens (including phenoxy) is 4. The molecule has 4 saturated carbocycles. The molecule has 7 aliphatic rings. The summed E-state index contributed by atoms with van der Waals surface area (Å²) in [6.45, 7) is 7.76. The number of epoxide rings is 1. The quantitative estimate of drug-likeness (QED) is 0.152. The molecule has 1 spiro atoms. The van der Waals surface area contributed by atoms with Crippen molar-refractivity contribution in [3.8, 4) is 0 Å². The molecular weight excluding hydrogens is 600 g/mol. The van der Waals surface area contributed by atoms with Gasteiger partial charge in [-0.1, -0.05) is 26.3 Å². The van der Waals surface area contributed by atoms with Gasteiger partial charge in [0.25, 0.3) is 0 Å². The highest BCUT2D eigenvalue weighted by Crippen LogP contribution is 2.74. The van der Waals surface area contributed by atoms with Crippen LogP contribution in [0.25, 0.3) is 0 Å². The van der Waals surface area contributed by atoms with Crippen LogP contribution in [-0.2, 0) is 23.7 Å². The molecule has 0 amide bonds. The van der Waals surface area contributed by atoms with Gasteiger partial charge in [-0.3, -0.25) is 0 Å². The molecule has 3 heterocycles. The molecule has 7 N–H and O–H groups in total. The monoisotopic (exact) mass is 652 g/mol. The van der Waals surface area contributed by atoms with Crippen LogP contribution in [0, 0.1) is 40.4 Å². The largest absolute Gasteiger partial charge is 0.458 e. The second kappa shape index (κ2) is 11.4. The van der Waals surface area contributed by atoms with Gasteiger partial charge in [-0.25, -0.2) is 4.79 Å². The van der Waals surface area contributed by atoms with Crippen molar-refractivity contribution in [2.45, 2.75) is 139 Å². The Labute approximate surface area is 269 Å². The number of cyclic esters (lactones) is 1. The maximum Gasteiger partial charge on any atom is 0.336 e. The molecule has 18 atom stereocenters. The summed E-state index contributed by atoms with van der Waals surface area (Å²) in [7, 11) is 0. The second-order valence-corrected chi connectivity index (χ2v) is 16.1. The van der Waals surface area contributed by atoms with E-state index in [0.717, 1.165) is 37.7 Å². The summed E-state index contributed by atoms with van der Waals surface area (Å²) in [6, 6.07) is 0. The van der Waals surface area contributed by atoms with Crippen LogP contribution in [0.15, 0.2) is 11.1 Å². The highest BCUT2D eigenvalue weighted by atomic mass is 16.7. The minimum absolute atomic E-state index is 0.0279. The molecule has 3 aliphatic heterocycles. The SMILES string of the molecule is CC1=C(CO[C@@H]2O[C@H](CO)[C@@H](O)[C@H](O)[C@H]2O)C(=O)OC([C@@H](C)C2CCC3C4C[C@H]5O[C@]56[C@@H](O)[C@@H](O)C[C@H](O)[C@]6(C)C4CC[C@@]32C)C1. The first-order valence-electron chi connectivity index (χ1n) is 17.2. The van der Waals surface area contributed by atoms with Gasteiger partial charge in [0.1, 0.15) is 42.2 Å². The lowest BCUT2D eigenvalue weighted by molar-refractivity contribution is -0.299. The van der Waals surface area contributed by atoms with E-state index in [9.17, 15) is 40.5 Å². The minimum Gasteiger partial charge on any atom is -0.458 e.